The lowest BCUT2D eigenvalue weighted by atomic mass is 10.1. The number of nitrogens with one attached hydrogen (secondary N) is 2. The van der Waals surface area contributed by atoms with Crippen LogP contribution in [-0.2, 0) is 22.5 Å². The second-order valence-corrected chi connectivity index (χ2v) is 6.08. The summed E-state index contributed by atoms with van der Waals surface area (Å²) >= 11 is 0. The number of nitrogens with zero attached hydrogens (tertiary/aromatic N) is 3. The molecule has 0 aliphatic carbocycles. The molecule has 0 saturated carbocycles. The van der Waals surface area contributed by atoms with Gasteiger partial charge in [0.1, 0.15) is 12.4 Å². The summed E-state index contributed by atoms with van der Waals surface area (Å²) in [5, 5.41) is 18.0. The van der Waals surface area contributed by atoms with E-state index in [1.54, 1.807) is 0 Å². The van der Waals surface area contributed by atoms with E-state index in [1.165, 1.54) is 4.68 Å². The quantitative estimate of drug-likeness (QED) is 0.640. The molecule has 2 aromatic heterocycles. The van der Waals surface area contributed by atoms with Gasteiger partial charge in [0.15, 0.2) is 5.82 Å². The fraction of sp³-hybridized carbons (Fsp3) is 0.353. The van der Waals surface area contributed by atoms with Gasteiger partial charge < -0.3 is 20.1 Å². The summed E-state index contributed by atoms with van der Waals surface area (Å²) < 4.78 is 6.94. The third-order valence-corrected chi connectivity index (χ3v) is 4.29. The van der Waals surface area contributed by atoms with Gasteiger partial charge in [0, 0.05) is 41.7 Å². The number of aliphatic carboxylic acids is 1. The number of ether oxygens (including phenoxy) is 1. The van der Waals surface area contributed by atoms with Gasteiger partial charge in [-0.15, -0.1) is 0 Å². The Morgan fingerprint density at radius 2 is 2.28 bits per heavy atom. The predicted molar refractivity (Wildman–Crippen MR) is 91.3 cm³/mol. The van der Waals surface area contributed by atoms with Gasteiger partial charge in [0.2, 0.25) is 0 Å². The number of hydrogen-bond acceptors (Lipinski definition) is 5. The molecular formula is C17H19N5O3. The van der Waals surface area contributed by atoms with Crippen molar-refractivity contribution in [3.63, 3.8) is 0 Å². The molecule has 1 saturated heterocycles. The van der Waals surface area contributed by atoms with Crippen molar-refractivity contribution < 1.29 is 14.6 Å². The van der Waals surface area contributed by atoms with E-state index < -0.39 is 5.97 Å². The van der Waals surface area contributed by atoms with Crippen molar-refractivity contribution in [1.82, 2.24) is 25.1 Å². The highest BCUT2D eigenvalue weighted by Gasteiger charge is 2.21. The lowest BCUT2D eigenvalue weighted by Crippen LogP contribution is -2.43. The van der Waals surface area contributed by atoms with Crippen molar-refractivity contribution in [1.29, 1.82) is 0 Å². The van der Waals surface area contributed by atoms with E-state index in [0.717, 1.165) is 23.0 Å². The van der Waals surface area contributed by atoms with Crippen molar-refractivity contribution in [2.24, 2.45) is 0 Å². The highest BCUT2D eigenvalue weighted by Crippen LogP contribution is 2.26. The maximum Gasteiger partial charge on any atom is 0.325 e. The van der Waals surface area contributed by atoms with E-state index in [4.69, 9.17) is 4.74 Å². The number of rotatable bonds is 5. The highest BCUT2D eigenvalue weighted by atomic mass is 16.5. The van der Waals surface area contributed by atoms with Gasteiger partial charge in [-0.2, -0.15) is 5.10 Å². The zero-order valence-corrected chi connectivity index (χ0v) is 13.6. The molecular weight excluding hydrogens is 322 g/mol. The van der Waals surface area contributed by atoms with Crippen LogP contribution in [0.4, 0.5) is 0 Å². The highest BCUT2D eigenvalue weighted by molar-refractivity contribution is 5.93. The van der Waals surface area contributed by atoms with Gasteiger partial charge in [-0.3, -0.25) is 4.79 Å². The monoisotopic (exact) mass is 341 g/mol. The summed E-state index contributed by atoms with van der Waals surface area (Å²) in [4.78, 5) is 19.0. The van der Waals surface area contributed by atoms with Crippen molar-refractivity contribution >= 4 is 16.9 Å². The number of carboxylic acids is 1. The first-order chi connectivity index (χ1) is 12.2. The Morgan fingerprint density at radius 3 is 3.08 bits per heavy atom. The fourth-order valence-corrected chi connectivity index (χ4v) is 3.12. The van der Waals surface area contributed by atoms with Gasteiger partial charge in [-0.25, -0.2) is 9.67 Å². The molecule has 0 spiro atoms. The molecule has 25 heavy (non-hydrogen) atoms. The molecule has 0 bridgehead atoms. The molecule has 8 heteroatoms. The lowest BCUT2D eigenvalue weighted by molar-refractivity contribution is -0.137. The second kappa shape index (κ2) is 6.66. The van der Waals surface area contributed by atoms with Crippen LogP contribution in [-0.4, -0.2) is 56.6 Å². The predicted octanol–water partition coefficient (Wildman–Crippen LogP) is 1.04. The molecule has 1 aliphatic rings. The number of morpholine rings is 1. The number of H-pyrrole nitrogens is 1. The van der Waals surface area contributed by atoms with Crippen LogP contribution in [0.1, 0.15) is 5.82 Å². The number of hydrogen-bond donors (Lipinski definition) is 3. The van der Waals surface area contributed by atoms with Gasteiger partial charge in [0.05, 0.1) is 13.2 Å². The number of carboxylic acid groups (broad SMARTS) is 1. The number of benzene rings is 1. The smallest absolute Gasteiger partial charge is 0.325 e. The minimum absolute atomic E-state index is 0.112. The van der Waals surface area contributed by atoms with Crippen molar-refractivity contribution in [2.45, 2.75) is 19.0 Å². The zero-order valence-electron chi connectivity index (χ0n) is 13.6. The maximum absolute atomic E-state index is 11.2. The minimum Gasteiger partial charge on any atom is -0.480 e. The van der Waals surface area contributed by atoms with E-state index in [2.05, 4.69) is 20.4 Å². The Labute approximate surface area is 143 Å². The average Bonchev–Trinajstić information content (AvgIpc) is 3.20. The van der Waals surface area contributed by atoms with Crippen LogP contribution < -0.4 is 5.32 Å². The first-order valence-corrected chi connectivity index (χ1v) is 8.24. The molecule has 3 heterocycles. The molecule has 0 radical (unpaired) electrons. The zero-order chi connectivity index (χ0) is 17.2. The molecule has 3 aromatic rings. The topological polar surface area (TPSA) is 105 Å². The van der Waals surface area contributed by atoms with Crippen molar-refractivity contribution in [2.75, 3.05) is 19.8 Å². The van der Waals surface area contributed by atoms with E-state index >= 15 is 0 Å². The summed E-state index contributed by atoms with van der Waals surface area (Å²) in [5.74, 6) is 0.237. The molecule has 1 aromatic carbocycles. The molecule has 0 amide bonds. The average molecular weight is 341 g/mol. The van der Waals surface area contributed by atoms with Gasteiger partial charge >= 0.3 is 5.97 Å². The summed E-state index contributed by atoms with van der Waals surface area (Å²) in [6.07, 6.45) is 2.43. The van der Waals surface area contributed by atoms with Crippen LogP contribution in [0.3, 0.4) is 0 Å². The third-order valence-electron chi connectivity index (χ3n) is 4.29. The van der Waals surface area contributed by atoms with Crippen LogP contribution in [0.25, 0.3) is 22.3 Å². The first kappa shape index (κ1) is 15.8. The van der Waals surface area contributed by atoms with Gasteiger partial charge in [-0.1, -0.05) is 18.2 Å². The lowest BCUT2D eigenvalue weighted by Gasteiger charge is -2.23. The Morgan fingerprint density at radius 1 is 1.40 bits per heavy atom. The number of carbonyl (C=O) groups is 1. The SMILES string of the molecule is O=C(O)Cn1nc(-c2c[nH]c3ccccc23)nc1CC1COCCN1. The minimum atomic E-state index is -0.940. The normalized spacial score (nSPS) is 17.8. The summed E-state index contributed by atoms with van der Waals surface area (Å²) in [5.41, 5.74) is 1.87. The molecule has 1 unspecified atom stereocenters. The molecule has 3 N–H and O–H groups in total. The van der Waals surface area contributed by atoms with E-state index in [9.17, 15) is 9.90 Å². The second-order valence-electron chi connectivity index (χ2n) is 6.08. The van der Waals surface area contributed by atoms with E-state index in [1.807, 2.05) is 30.5 Å². The molecule has 1 atom stereocenters. The standard InChI is InChI=1S/C17H19N5O3/c23-16(24)9-22-15(7-11-10-25-6-5-18-11)20-17(21-22)13-8-19-14-4-2-1-3-12(13)14/h1-4,8,11,18-19H,5-7,9-10H2,(H,23,24). The molecule has 130 valence electrons. The van der Waals surface area contributed by atoms with Gasteiger partial charge in [-0.05, 0) is 6.07 Å². The molecule has 1 aliphatic heterocycles. The van der Waals surface area contributed by atoms with E-state index in [0.29, 0.717) is 31.3 Å². The third kappa shape index (κ3) is 3.26. The van der Waals surface area contributed by atoms with Crippen LogP contribution in [0, 0.1) is 0 Å². The Kier molecular flexibility index (Phi) is 4.21. The first-order valence-electron chi connectivity index (χ1n) is 8.24. The number of para-hydroxylation sites is 1. The van der Waals surface area contributed by atoms with E-state index in [-0.39, 0.29) is 12.6 Å². The van der Waals surface area contributed by atoms with Gasteiger partial charge in [0.25, 0.3) is 0 Å². The molecule has 4 rings (SSSR count). The van der Waals surface area contributed by atoms with Crippen LogP contribution in [0.2, 0.25) is 0 Å². The fourth-order valence-electron chi connectivity index (χ4n) is 3.12. The summed E-state index contributed by atoms with van der Waals surface area (Å²) in [6, 6.07) is 8.01. The van der Waals surface area contributed by atoms with Crippen LogP contribution in [0.5, 0.6) is 0 Å². The Hall–Kier alpha value is -2.71. The van der Waals surface area contributed by atoms with Crippen LogP contribution in [0.15, 0.2) is 30.5 Å². The summed E-state index contributed by atoms with van der Waals surface area (Å²) in [7, 11) is 0. The largest absolute Gasteiger partial charge is 0.480 e. The Balaban J connectivity index is 1.69. The van der Waals surface area contributed by atoms with Crippen molar-refractivity contribution in [3.05, 3.63) is 36.3 Å². The molecule has 8 nitrogen and oxygen atoms in total. The number of fused-ring (bicyclic) bond motifs is 1. The summed E-state index contributed by atoms with van der Waals surface area (Å²) in [6.45, 7) is 1.85. The van der Waals surface area contributed by atoms with Crippen molar-refractivity contribution in [3.8, 4) is 11.4 Å². The number of aromatic nitrogens is 4. The molecule has 1 fully saturated rings. The van der Waals surface area contributed by atoms with Crippen LogP contribution >= 0.6 is 0 Å². The maximum atomic E-state index is 11.2. The Bertz CT molecular complexity index is 895. The number of aromatic amines is 1.